The zero-order valence-corrected chi connectivity index (χ0v) is 18.7. The lowest BCUT2D eigenvalue weighted by Gasteiger charge is -2.41. The number of carbonyl (C=O) groups is 3. The van der Waals surface area contributed by atoms with Gasteiger partial charge in [0.1, 0.15) is 11.0 Å². The predicted octanol–water partition coefficient (Wildman–Crippen LogP) is 2.98. The number of likely N-dealkylation sites (tertiary alicyclic amines) is 1. The van der Waals surface area contributed by atoms with Gasteiger partial charge in [-0.1, -0.05) is 46.2 Å². The van der Waals surface area contributed by atoms with Crippen LogP contribution in [0.1, 0.15) is 57.2 Å². The van der Waals surface area contributed by atoms with Crippen molar-refractivity contribution in [2.45, 2.75) is 52.5 Å². The van der Waals surface area contributed by atoms with Crippen LogP contribution in [0.15, 0.2) is 6.20 Å². The molecular formula is C20H29ClN4O5. The second kappa shape index (κ2) is 9.16. The molecule has 2 amide bonds. The molecule has 1 aliphatic heterocycles. The SMILES string of the molecule is CC(C)CN(C(=O)c1cnc(C(C)(C)C)nc1Cl)[C@H]1C[C@@H](C(=O)O)CN(C(=O)O)C1. The summed E-state index contributed by atoms with van der Waals surface area (Å²) in [5.41, 5.74) is -0.229. The zero-order chi connectivity index (χ0) is 22.8. The molecular weight excluding hydrogens is 412 g/mol. The fourth-order valence-corrected chi connectivity index (χ4v) is 3.65. The summed E-state index contributed by atoms with van der Waals surface area (Å²) in [7, 11) is 0. The third-order valence-corrected chi connectivity index (χ3v) is 5.24. The van der Waals surface area contributed by atoms with E-state index in [0.29, 0.717) is 12.4 Å². The van der Waals surface area contributed by atoms with Gasteiger partial charge in [-0.3, -0.25) is 9.59 Å². The van der Waals surface area contributed by atoms with E-state index in [1.54, 1.807) is 0 Å². The van der Waals surface area contributed by atoms with Crippen LogP contribution in [0, 0.1) is 11.8 Å². The molecule has 1 aromatic rings. The highest BCUT2D eigenvalue weighted by atomic mass is 35.5. The number of aliphatic carboxylic acids is 1. The first kappa shape index (κ1) is 23.9. The van der Waals surface area contributed by atoms with Gasteiger partial charge >= 0.3 is 12.1 Å². The Morgan fingerprint density at radius 3 is 2.37 bits per heavy atom. The van der Waals surface area contributed by atoms with Crippen molar-refractivity contribution >= 4 is 29.6 Å². The number of carboxylic acids is 1. The van der Waals surface area contributed by atoms with Crippen LogP contribution in [-0.2, 0) is 10.2 Å². The van der Waals surface area contributed by atoms with Gasteiger partial charge in [-0.15, -0.1) is 0 Å². The van der Waals surface area contributed by atoms with E-state index in [4.69, 9.17) is 11.6 Å². The maximum atomic E-state index is 13.4. The molecule has 10 heteroatoms. The molecule has 2 atom stereocenters. The van der Waals surface area contributed by atoms with Crippen molar-refractivity contribution in [2.24, 2.45) is 11.8 Å². The van der Waals surface area contributed by atoms with Crippen molar-refractivity contribution < 1.29 is 24.6 Å². The van der Waals surface area contributed by atoms with Gasteiger partial charge in [-0.25, -0.2) is 14.8 Å². The first-order valence-corrected chi connectivity index (χ1v) is 10.2. The van der Waals surface area contributed by atoms with E-state index in [2.05, 4.69) is 9.97 Å². The first-order chi connectivity index (χ1) is 13.8. The van der Waals surface area contributed by atoms with Crippen molar-refractivity contribution in [3.8, 4) is 0 Å². The van der Waals surface area contributed by atoms with Gasteiger partial charge in [0.25, 0.3) is 5.91 Å². The van der Waals surface area contributed by atoms with Crippen molar-refractivity contribution in [1.29, 1.82) is 0 Å². The minimum atomic E-state index is -1.21. The minimum Gasteiger partial charge on any atom is -0.481 e. The Morgan fingerprint density at radius 1 is 1.27 bits per heavy atom. The Kier molecular flexibility index (Phi) is 7.28. The second-order valence-electron chi connectivity index (χ2n) is 9.11. The lowest BCUT2D eigenvalue weighted by Crippen LogP contribution is -2.56. The topological polar surface area (TPSA) is 124 Å². The van der Waals surface area contributed by atoms with Gasteiger partial charge in [-0.2, -0.15) is 0 Å². The Hall–Kier alpha value is -2.42. The van der Waals surface area contributed by atoms with E-state index < -0.39 is 29.9 Å². The fraction of sp³-hybridized carbons (Fsp3) is 0.650. The Labute approximate surface area is 181 Å². The molecule has 0 aromatic carbocycles. The van der Waals surface area contributed by atoms with E-state index in [0.717, 1.165) is 4.90 Å². The number of nitrogens with zero attached hydrogens (tertiary/aromatic N) is 4. The van der Waals surface area contributed by atoms with Crippen LogP contribution in [0.25, 0.3) is 0 Å². The lowest BCUT2D eigenvalue weighted by molar-refractivity contribution is -0.144. The summed E-state index contributed by atoms with van der Waals surface area (Å²) in [6.45, 7) is 9.90. The molecule has 2 heterocycles. The summed E-state index contributed by atoms with van der Waals surface area (Å²) in [4.78, 5) is 47.6. The van der Waals surface area contributed by atoms with E-state index in [1.807, 2.05) is 34.6 Å². The molecule has 0 aliphatic carbocycles. The van der Waals surface area contributed by atoms with Gasteiger partial charge in [0.05, 0.1) is 17.5 Å². The number of piperidine rings is 1. The molecule has 1 saturated heterocycles. The largest absolute Gasteiger partial charge is 0.481 e. The molecule has 0 saturated carbocycles. The van der Waals surface area contributed by atoms with Crippen LogP contribution in [0.4, 0.5) is 4.79 Å². The number of aromatic nitrogens is 2. The van der Waals surface area contributed by atoms with Gasteiger partial charge in [0, 0.05) is 31.2 Å². The molecule has 1 aliphatic rings. The zero-order valence-electron chi connectivity index (χ0n) is 17.9. The molecule has 2 rings (SSSR count). The quantitative estimate of drug-likeness (QED) is 0.674. The minimum absolute atomic E-state index is 0.0226. The smallest absolute Gasteiger partial charge is 0.407 e. The number of halogens is 1. The molecule has 1 fully saturated rings. The van der Waals surface area contributed by atoms with Crippen LogP contribution < -0.4 is 0 Å². The molecule has 30 heavy (non-hydrogen) atoms. The predicted molar refractivity (Wildman–Crippen MR) is 111 cm³/mol. The van der Waals surface area contributed by atoms with Gasteiger partial charge in [-0.05, 0) is 12.3 Å². The molecule has 166 valence electrons. The highest BCUT2D eigenvalue weighted by Crippen LogP contribution is 2.27. The number of amides is 2. The maximum absolute atomic E-state index is 13.4. The average Bonchev–Trinajstić information content (AvgIpc) is 2.64. The summed E-state index contributed by atoms with van der Waals surface area (Å²) in [6, 6.07) is -0.593. The average molecular weight is 441 g/mol. The number of hydrogen-bond donors (Lipinski definition) is 2. The summed E-state index contributed by atoms with van der Waals surface area (Å²) in [5, 5.41) is 18.9. The van der Waals surface area contributed by atoms with Gasteiger partial charge < -0.3 is 20.0 Å². The van der Waals surface area contributed by atoms with Crippen LogP contribution in [-0.4, -0.2) is 73.6 Å². The van der Waals surface area contributed by atoms with E-state index >= 15 is 0 Å². The highest BCUT2D eigenvalue weighted by molar-refractivity contribution is 6.32. The van der Waals surface area contributed by atoms with E-state index in [9.17, 15) is 24.6 Å². The fourth-order valence-electron chi connectivity index (χ4n) is 3.45. The Morgan fingerprint density at radius 2 is 1.90 bits per heavy atom. The number of carboxylic acid groups (broad SMARTS) is 2. The summed E-state index contributed by atoms with van der Waals surface area (Å²) >= 11 is 6.31. The van der Waals surface area contributed by atoms with E-state index in [1.165, 1.54) is 11.1 Å². The Bertz CT molecular complexity index is 802. The van der Waals surface area contributed by atoms with Crippen molar-refractivity contribution in [3.05, 3.63) is 22.7 Å². The van der Waals surface area contributed by atoms with Gasteiger partial charge in [0.2, 0.25) is 0 Å². The molecule has 9 nitrogen and oxygen atoms in total. The summed E-state index contributed by atoms with van der Waals surface area (Å²) < 4.78 is 0. The maximum Gasteiger partial charge on any atom is 0.407 e. The molecule has 2 N–H and O–H groups in total. The molecule has 0 unspecified atom stereocenters. The molecule has 0 spiro atoms. The second-order valence-corrected chi connectivity index (χ2v) is 9.47. The number of hydrogen-bond acceptors (Lipinski definition) is 5. The standard InChI is InChI=1S/C20H29ClN4O5/c1-11(2)8-25(13-6-12(17(27)28)9-24(10-13)19(29)30)16(26)14-7-22-18(20(3,4)5)23-15(14)21/h7,11-13H,6,8-10H2,1-5H3,(H,27,28)(H,29,30)/t12-,13+/m1/s1. The van der Waals surface area contributed by atoms with Crippen molar-refractivity contribution in [3.63, 3.8) is 0 Å². The molecule has 1 aromatic heterocycles. The van der Waals surface area contributed by atoms with Crippen molar-refractivity contribution in [1.82, 2.24) is 19.8 Å². The third-order valence-electron chi connectivity index (χ3n) is 4.96. The van der Waals surface area contributed by atoms with Gasteiger partial charge in [0.15, 0.2) is 0 Å². The monoisotopic (exact) mass is 440 g/mol. The lowest BCUT2D eigenvalue weighted by atomic mass is 9.92. The first-order valence-electron chi connectivity index (χ1n) is 9.85. The van der Waals surface area contributed by atoms with Crippen LogP contribution in [0.3, 0.4) is 0 Å². The Balaban J connectivity index is 2.40. The van der Waals surface area contributed by atoms with Crippen LogP contribution in [0.5, 0.6) is 0 Å². The van der Waals surface area contributed by atoms with Crippen molar-refractivity contribution in [2.75, 3.05) is 19.6 Å². The summed E-state index contributed by atoms with van der Waals surface area (Å²) in [6.07, 6.45) is 0.340. The molecule has 0 bridgehead atoms. The summed E-state index contributed by atoms with van der Waals surface area (Å²) in [5.74, 6) is -1.84. The third kappa shape index (κ3) is 5.59. The normalized spacial score (nSPS) is 19.6. The van der Waals surface area contributed by atoms with Crippen LogP contribution in [0.2, 0.25) is 5.15 Å². The van der Waals surface area contributed by atoms with E-state index in [-0.39, 0.29) is 41.6 Å². The van der Waals surface area contributed by atoms with Crippen LogP contribution >= 0.6 is 11.6 Å². The number of carbonyl (C=O) groups excluding carboxylic acids is 1. The highest BCUT2D eigenvalue weighted by Gasteiger charge is 2.39. The number of rotatable bonds is 5. The molecule has 0 radical (unpaired) electrons.